The number of nitrogens with zero attached hydrogens (tertiary/aromatic N) is 2. The molecule has 132 valence electrons. The van der Waals surface area contributed by atoms with E-state index in [2.05, 4.69) is 0 Å². The van der Waals surface area contributed by atoms with E-state index in [-0.39, 0.29) is 36.7 Å². The molecule has 0 aliphatic carbocycles. The summed E-state index contributed by atoms with van der Waals surface area (Å²) < 4.78 is 38.1. The van der Waals surface area contributed by atoms with Crippen molar-refractivity contribution in [1.29, 1.82) is 0 Å². The van der Waals surface area contributed by atoms with Crippen molar-refractivity contribution in [2.24, 2.45) is 0 Å². The molecule has 2 aliphatic rings. The molecule has 1 aromatic carbocycles. The number of aliphatic carboxylic acids is 1. The Bertz CT molecular complexity index is 758. The van der Waals surface area contributed by atoms with Crippen molar-refractivity contribution in [2.45, 2.75) is 18.6 Å². The molecule has 0 radical (unpaired) electrons. The van der Waals surface area contributed by atoms with E-state index in [0.29, 0.717) is 23.7 Å². The van der Waals surface area contributed by atoms with Crippen LogP contribution in [0.3, 0.4) is 0 Å². The van der Waals surface area contributed by atoms with Gasteiger partial charge in [0.05, 0.1) is 18.1 Å². The largest absolute Gasteiger partial charge is 0.480 e. The summed E-state index contributed by atoms with van der Waals surface area (Å²) in [4.78, 5) is 14.6. The van der Waals surface area contributed by atoms with Crippen LogP contribution in [0.2, 0.25) is 5.02 Å². The molecule has 2 fully saturated rings. The van der Waals surface area contributed by atoms with E-state index in [1.54, 1.807) is 17.0 Å². The molecule has 6 nitrogen and oxygen atoms in total. The van der Waals surface area contributed by atoms with Crippen LogP contribution in [0.25, 0.3) is 0 Å². The van der Waals surface area contributed by atoms with Crippen molar-refractivity contribution in [3.8, 4) is 0 Å². The van der Waals surface area contributed by atoms with Crippen LogP contribution in [-0.2, 0) is 21.2 Å². The lowest BCUT2D eigenvalue weighted by atomic mass is 10.0. The molecule has 0 aromatic heterocycles. The number of halogens is 2. The highest BCUT2D eigenvalue weighted by atomic mass is 35.5. The van der Waals surface area contributed by atoms with Crippen LogP contribution in [0.15, 0.2) is 18.2 Å². The van der Waals surface area contributed by atoms with E-state index in [1.807, 2.05) is 4.90 Å². The average Bonchev–Trinajstić information content (AvgIpc) is 2.79. The molecular weight excluding hydrogens is 359 g/mol. The van der Waals surface area contributed by atoms with Crippen LogP contribution in [0.1, 0.15) is 5.56 Å². The molecule has 0 saturated carbocycles. The second kappa shape index (κ2) is 6.59. The number of hydrogen-bond donors (Lipinski definition) is 1. The monoisotopic (exact) mass is 376 g/mol. The third kappa shape index (κ3) is 3.72. The van der Waals surface area contributed by atoms with Gasteiger partial charge in [-0.25, -0.2) is 12.8 Å². The second-order valence-electron chi connectivity index (χ2n) is 6.28. The molecule has 1 N–H and O–H groups in total. The van der Waals surface area contributed by atoms with E-state index >= 15 is 0 Å². The fourth-order valence-electron chi connectivity index (χ4n) is 3.53. The first-order valence-corrected chi connectivity index (χ1v) is 9.79. The molecular formula is C15H18ClFN2O4S. The Labute approximate surface area is 144 Å². The van der Waals surface area contributed by atoms with Crippen LogP contribution >= 0.6 is 11.6 Å². The van der Waals surface area contributed by atoms with E-state index < -0.39 is 21.6 Å². The minimum atomic E-state index is -3.23. The molecule has 0 amide bonds. The Balaban J connectivity index is 1.81. The van der Waals surface area contributed by atoms with Gasteiger partial charge in [-0.3, -0.25) is 14.6 Å². The van der Waals surface area contributed by atoms with E-state index in [4.69, 9.17) is 16.7 Å². The fraction of sp³-hybridized carbons (Fsp3) is 0.533. The molecule has 2 saturated heterocycles. The molecule has 0 spiro atoms. The summed E-state index contributed by atoms with van der Waals surface area (Å²) in [7, 11) is -3.23. The van der Waals surface area contributed by atoms with Gasteiger partial charge in [-0.2, -0.15) is 0 Å². The van der Waals surface area contributed by atoms with Gasteiger partial charge in [-0.05, 0) is 12.1 Å². The van der Waals surface area contributed by atoms with Crippen LogP contribution in [-0.4, -0.2) is 72.5 Å². The highest BCUT2D eigenvalue weighted by Gasteiger charge is 2.46. The first-order valence-electron chi connectivity index (χ1n) is 7.59. The zero-order chi connectivity index (χ0) is 17.5. The van der Waals surface area contributed by atoms with Gasteiger partial charge in [0.1, 0.15) is 5.82 Å². The fourth-order valence-corrected chi connectivity index (χ4v) is 5.73. The van der Waals surface area contributed by atoms with Gasteiger partial charge in [0.25, 0.3) is 0 Å². The van der Waals surface area contributed by atoms with Gasteiger partial charge < -0.3 is 5.11 Å². The van der Waals surface area contributed by atoms with Crippen molar-refractivity contribution >= 4 is 27.4 Å². The maximum Gasteiger partial charge on any atom is 0.317 e. The Morgan fingerprint density at radius 1 is 1.25 bits per heavy atom. The molecule has 24 heavy (non-hydrogen) atoms. The predicted molar refractivity (Wildman–Crippen MR) is 87.3 cm³/mol. The van der Waals surface area contributed by atoms with Crippen molar-refractivity contribution in [2.75, 3.05) is 31.1 Å². The molecule has 2 atom stereocenters. The molecule has 2 heterocycles. The van der Waals surface area contributed by atoms with Gasteiger partial charge >= 0.3 is 5.97 Å². The number of carboxylic acid groups (broad SMARTS) is 1. The summed E-state index contributed by atoms with van der Waals surface area (Å²) in [6.07, 6.45) is 0. The Morgan fingerprint density at radius 2 is 1.88 bits per heavy atom. The molecule has 1 aromatic rings. The Hall–Kier alpha value is -1.22. The number of fused-ring (bicyclic) bond motifs is 1. The number of hydrogen-bond acceptors (Lipinski definition) is 5. The predicted octanol–water partition coefficient (Wildman–Crippen LogP) is 0.847. The van der Waals surface area contributed by atoms with Crippen LogP contribution in [0, 0.1) is 5.82 Å². The lowest BCUT2D eigenvalue weighted by Gasteiger charge is -2.43. The SMILES string of the molecule is O=C(O)CN1CCN(Cc2ccc(Cl)cc2F)[C@@H]2CS(=O)(=O)C[C@@H]21. The van der Waals surface area contributed by atoms with Crippen LogP contribution in [0.5, 0.6) is 0 Å². The zero-order valence-corrected chi connectivity index (χ0v) is 14.4. The Morgan fingerprint density at radius 3 is 2.50 bits per heavy atom. The number of carboxylic acids is 1. The van der Waals surface area contributed by atoms with E-state index in [0.717, 1.165) is 0 Å². The van der Waals surface area contributed by atoms with Gasteiger partial charge in [-0.1, -0.05) is 17.7 Å². The first kappa shape index (κ1) is 17.6. The van der Waals surface area contributed by atoms with Crippen molar-refractivity contribution in [1.82, 2.24) is 9.80 Å². The zero-order valence-electron chi connectivity index (χ0n) is 12.9. The average molecular weight is 377 g/mol. The summed E-state index contributed by atoms with van der Waals surface area (Å²) in [6.45, 7) is 1.03. The first-order chi connectivity index (χ1) is 11.2. The number of rotatable bonds is 4. The summed E-state index contributed by atoms with van der Waals surface area (Å²) in [6, 6.07) is 3.75. The second-order valence-corrected chi connectivity index (χ2v) is 8.87. The summed E-state index contributed by atoms with van der Waals surface area (Å²) >= 11 is 5.76. The highest BCUT2D eigenvalue weighted by Crippen LogP contribution is 2.28. The molecule has 9 heteroatoms. The van der Waals surface area contributed by atoms with Gasteiger partial charge in [0.15, 0.2) is 9.84 Å². The maximum absolute atomic E-state index is 14.0. The third-order valence-electron chi connectivity index (χ3n) is 4.63. The molecule has 2 aliphatic heterocycles. The minimum Gasteiger partial charge on any atom is -0.480 e. The standard InChI is InChI=1S/C15H18ClFN2O4S/c16-11-2-1-10(12(17)5-11)6-18-3-4-19(7-15(20)21)14-9-24(22,23)8-13(14)18/h1-2,5,13-14H,3-4,6-9H2,(H,20,21)/t13-,14+/m1/s1. The maximum atomic E-state index is 14.0. The summed E-state index contributed by atoms with van der Waals surface area (Å²) in [5, 5.41) is 9.32. The topological polar surface area (TPSA) is 77.9 Å². The van der Waals surface area contributed by atoms with Gasteiger partial charge in [0, 0.05) is 42.3 Å². The van der Waals surface area contributed by atoms with E-state index in [9.17, 15) is 17.6 Å². The summed E-state index contributed by atoms with van der Waals surface area (Å²) in [5.41, 5.74) is 0.453. The lowest BCUT2D eigenvalue weighted by Crippen LogP contribution is -2.59. The van der Waals surface area contributed by atoms with Crippen molar-refractivity contribution in [3.63, 3.8) is 0 Å². The number of carbonyl (C=O) groups is 1. The smallest absolute Gasteiger partial charge is 0.317 e. The van der Waals surface area contributed by atoms with Crippen molar-refractivity contribution < 1.29 is 22.7 Å². The normalized spacial score (nSPS) is 27.1. The number of piperazine rings is 1. The molecule has 0 bridgehead atoms. The van der Waals surface area contributed by atoms with Crippen molar-refractivity contribution in [3.05, 3.63) is 34.6 Å². The van der Waals surface area contributed by atoms with E-state index in [1.165, 1.54) is 6.07 Å². The number of benzene rings is 1. The Kier molecular flexibility index (Phi) is 4.83. The molecule has 0 unspecified atom stereocenters. The number of sulfone groups is 1. The van der Waals surface area contributed by atoms with Gasteiger partial charge in [-0.15, -0.1) is 0 Å². The highest BCUT2D eigenvalue weighted by molar-refractivity contribution is 7.91. The quantitative estimate of drug-likeness (QED) is 0.839. The van der Waals surface area contributed by atoms with Crippen LogP contribution in [0.4, 0.5) is 4.39 Å². The molecule has 3 rings (SSSR count). The van der Waals surface area contributed by atoms with Gasteiger partial charge in [0.2, 0.25) is 0 Å². The van der Waals surface area contributed by atoms with Crippen LogP contribution < -0.4 is 0 Å². The summed E-state index contributed by atoms with van der Waals surface area (Å²) in [5.74, 6) is -1.48. The third-order valence-corrected chi connectivity index (χ3v) is 6.57. The lowest BCUT2D eigenvalue weighted by molar-refractivity contribution is -0.139. The minimum absolute atomic E-state index is 0.0248.